The van der Waals surface area contributed by atoms with E-state index in [2.05, 4.69) is 21.0 Å². The van der Waals surface area contributed by atoms with E-state index in [4.69, 9.17) is 4.74 Å². The van der Waals surface area contributed by atoms with Gasteiger partial charge in [-0.1, -0.05) is 0 Å². The van der Waals surface area contributed by atoms with Crippen LogP contribution in [0.2, 0.25) is 0 Å². The quantitative estimate of drug-likeness (QED) is 0.642. The number of benzene rings is 1. The van der Waals surface area contributed by atoms with Crippen molar-refractivity contribution in [3.8, 4) is 5.75 Å². The van der Waals surface area contributed by atoms with Crippen molar-refractivity contribution in [2.75, 3.05) is 31.6 Å². The predicted molar refractivity (Wildman–Crippen MR) is 109 cm³/mol. The van der Waals surface area contributed by atoms with Crippen LogP contribution in [-0.2, 0) is 16.6 Å². The van der Waals surface area contributed by atoms with Crippen molar-refractivity contribution >= 4 is 29.9 Å². The van der Waals surface area contributed by atoms with Gasteiger partial charge >= 0.3 is 0 Å². The van der Waals surface area contributed by atoms with Crippen LogP contribution in [0, 0.1) is 5.92 Å². The number of hydrogen-bond donors (Lipinski definition) is 3. The van der Waals surface area contributed by atoms with Crippen LogP contribution < -0.4 is 20.7 Å². The van der Waals surface area contributed by atoms with Crippen molar-refractivity contribution in [1.82, 2.24) is 20.4 Å². The van der Waals surface area contributed by atoms with Gasteiger partial charge in [0.1, 0.15) is 5.75 Å². The number of hydrogen-bond acceptors (Lipinski definition) is 5. The zero-order chi connectivity index (χ0) is 19.2. The Bertz CT molecular complexity index is 793. The number of carbonyl (C=O) groups excluding carboxylic acids is 2. The van der Waals surface area contributed by atoms with Gasteiger partial charge in [0, 0.05) is 37.9 Å². The molecular weight excluding hydrogens is 382 g/mol. The summed E-state index contributed by atoms with van der Waals surface area (Å²) in [5, 5.41) is 12.9. The smallest absolute Gasteiger partial charge is 0.243 e. The van der Waals surface area contributed by atoms with Crippen LogP contribution in [0.1, 0.15) is 18.4 Å². The van der Waals surface area contributed by atoms with Crippen LogP contribution in [0.5, 0.6) is 5.75 Å². The summed E-state index contributed by atoms with van der Waals surface area (Å²) in [5.41, 5.74) is 1.69. The standard InChI is InChI=1S/C19H25N5O3.ClH/c1-3-27-15-6-4-14(5-7-15)23-18(25)11-21-19(26)17-10-20-9-16(17)13-8-22-24(2)12-13;/h4-8,12,16-17,20H,3,9-11H2,1-2H3,(H,21,26)(H,23,25);1H/t16-,17+;/m1./s1. The third kappa shape index (κ3) is 5.46. The van der Waals surface area contributed by atoms with Gasteiger partial charge in [0.25, 0.3) is 0 Å². The Morgan fingerprint density at radius 1 is 1.29 bits per heavy atom. The molecule has 9 heteroatoms. The van der Waals surface area contributed by atoms with E-state index in [1.807, 2.05) is 20.2 Å². The maximum atomic E-state index is 12.5. The number of aromatic nitrogens is 2. The molecule has 1 aliphatic rings. The molecule has 0 bridgehead atoms. The summed E-state index contributed by atoms with van der Waals surface area (Å²) in [6, 6.07) is 7.12. The first-order chi connectivity index (χ1) is 13.1. The summed E-state index contributed by atoms with van der Waals surface area (Å²) in [6.45, 7) is 3.75. The summed E-state index contributed by atoms with van der Waals surface area (Å²) in [4.78, 5) is 24.6. The van der Waals surface area contributed by atoms with E-state index in [0.29, 0.717) is 18.8 Å². The number of anilines is 1. The van der Waals surface area contributed by atoms with Gasteiger partial charge in [-0.3, -0.25) is 14.3 Å². The summed E-state index contributed by atoms with van der Waals surface area (Å²) in [6.07, 6.45) is 3.72. The lowest BCUT2D eigenvalue weighted by Gasteiger charge is -2.17. The highest BCUT2D eigenvalue weighted by molar-refractivity contribution is 5.95. The van der Waals surface area contributed by atoms with E-state index in [1.165, 1.54) is 0 Å². The molecule has 152 valence electrons. The Hall–Kier alpha value is -2.58. The molecule has 8 nitrogen and oxygen atoms in total. The zero-order valence-corrected chi connectivity index (χ0v) is 16.8. The molecule has 2 atom stereocenters. The van der Waals surface area contributed by atoms with Gasteiger partial charge in [0.05, 0.1) is 25.3 Å². The van der Waals surface area contributed by atoms with Gasteiger partial charge in [-0.05, 0) is 36.8 Å². The number of nitrogens with zero attached hydrogens (tertiary/aromatic N) is 2. The fourth-order valence-corrected chi connectivity index (χ4v) is 3.24. The first-order valence-corrected chi connectivity index (χ1v) is 9.06. The lowest BCUT2D eigenvalue weighted by Crippen LogP contribution is -2.39. The van der Waals surface area contributed by atoms with Crippen molar-refractivity contribution in [3.05, 3.63) is 42.2 Å². The lowest BCUT2D eigenvalue weighted by molar-refractivity contribution is -0.127. The summed E-state index contributed by atoms with van der Waals surface area (Å²) >= 11 is 0. The predicted octanol–water partition coefficient (Wildman–Crippen LogP) is 1.30. The van der Waals surface area contributed by atoms with E-state index in [0.717, 1.165) is 17.9 Å². The first kappa shape index (κ1) is 21.7. The zero-order valence-electron chi connectivity index (χ0n) is 16.0. The normalized spacial score (nSPS) is 18.2. The van der Waals surface area contributed by atoms with Crippen LogP contribution >= 0.6 is 12.4 Å². The largest absolute Gasteiger partial charge is 0.494 e. The topological polar surface area (TPSA) is 97.3 Å². The highest BCUT2D eigenvalue weighted by atomic mass is 35.5. The fourth-order valence-electron chi connectivity index (χ4n) is 3.24. The average Bonchev–Trinajstić information content (AvgIpc) is 3.30. The number of amides is 2. The van der Waals surface area contributed by atoms with Gasteiger partial charge in [-0.15, -0.1) is 12.4 Å². The first-order valence-electron chi connectivity index (χ1n) is 9.06. The third-order valence-corrected chi connectivity index (χ3v) is 4.58. The van der Waals surface area contributed by atoms with Crippen molar-refractivity contribution < 1.29 is 14.3 Å². The van der Waals surface area contributed by atoms with Gasteiger partial charge in [-0.25, -0.2) is 0 Å². The molecule has 1 fully saturated rings. The third-order valence-electron chi connectivity index (χ3n) is 4.58. The maximum absolute atomic E-state index is 12.5. The second-order valence-electron chi connectivity index (χ2n) is 6.54. The monoisotopic (exact) mass is 407 g/mol. The number of halogens is 1. The minimum atomic E-state index is -0.267. The van der Waals surface area contributed by atoms with E-state index in [1.54, 1.807) is 35.1 Å². The van der Waals surface area contributed by atoms with Crippen LogP contribution in [0.15, 0.2) is 36.7 Å². The molecule has 0 aliphatic carbocycles. The number of carbonyl (C=O) groups is 2. The molecule has 3 rings (SSSR count). The van der Waals surface area contributed by atoms with Crippen molar-refractivity contribution in [2.24, 2.45) is 13.0 Å². The number of aryl methyl sites for hydroxylation is 1. The average molecular weight is 408 g/mol. The highest BCUT2D eigenvalue weighted by Crippen LogP contribution is 2.27. The number of rotatable bonds is 7. The highest BCUT2D eigenvalue weighted by Gasteiger charge is 2.34. The molecule has 1 aromatic heterocycles. The SMILES string of the molecule is CCOc1ccc(NC(=O)CNC(=O)[C@H]2CNC[C@@H]2c2cnn(C)c2)cc1.Cl. The Kier molecular flexibility index (Phi) is 7.83. The fraction of sp³-hybridized carbons (Fsp3) is 0.421. The Labute approximate surface area is 170 Å². The van der Waals surface area contributed by atoms with Gasteiger partial charge in [0.2, 0.25) is 11.8 Å². The second-order valence-corrected chi connectivity index (χ2v) is 6.54. The number of ether oxygens (including phenoxy) is 1. The second kappa shape index (κ2) is 10.1. The minimum Gasteiger partial charge on any atom is -0.494 e. The molecule has 0 spiro atoms. The molecule has 1 aromatic carbocycles. The van der Waals surface area contributed by atoms with Crippen LogP contribution in [0.3, 0.4) is 0 Å². The molecule has 0 unspecified atom stereocenters. The van der Waals surface area contributed by atoms with Crippen molar-refractivity contribution in [2.45, 2.75) is 12.8 Å². The molecule has 0 saturated carbocycles. The van der Waals surface area contributed by atoms with Crippen LogP contribution in [0.4, 0.5) is 5.69 Å². The minimum absolute atomic E-state index is 0. The van der Waals surface area contributed by atoms with Crippen LogP contribution in [-0.4, -0.2) is 47.8 Å². The summed E-state index contributed by atoms with van der Waals surface area (Å²) < 4.78 is 7.10. The lowest BCUT2D eigenvalue weighted by atomic mass is 9.90. The van der Waals surface area contributed by atoms with Crippen molar-refractivity contribution in [1.29, 1.82) is 0 Å². The van der Waals surface area contributed by atoms with Gasteiger partial charge < -0.3 is 20.7 Å². The molecular formula is C19H26ClN5O3. The van der Waals surface area contributed by atoms with Gasteiger partial charge in [-0.2, -0.15) is 5.10 Å². The maximum Gasteiger partial charge on any atom is 0.243 e. The molecule has 2 heterocycles. The number of nitrogens with one attached hydrogen (secondary N) is 3. The molecule has 1 saturated heterocycles. The molecule has 2 amide bonds. The van der Waals surface area contributed by atoms with E-state index < -0.39 is 0 Å². The van der Waals surface area contributed by atoms with Crippen molar-refractivity contribution in [3.63, 3.8) is 0 Å². The molecule has 0 radical (unpaired) electrons. The summed E-state index contributed by atoms with van der Waals surface area (Å²) in [5.74, 6) is 0.200. The van der Waals surface area contributed by atoms with E-state index in [9.17, 15) is 9.59 Å². The Morgan fingerprint density at radius 2 is 2.04 bits per heavy atom. The molecule has 1 aliphatic heterocycles. The van der Waals surface area contributed by atoms with Crippen LogP contribution in [0.25, 0.3) is 0 Å². The Balaban J connectivity index is 0.00000280. The van der Waals surface area contributed by atoms with E-state index >= 15 is 0 Å². The molecule has 28 heavy (non-hydrogen) atoms. The van der Waals surface area contributed by atoms with E-state index in [-0.39, 0.29) is 42.6 Å². The molecule has 3 N–H and O–H groups in total. The van der Waals surface area contributed by atoms with Gasteiger partial charge in [0.15, 0.2) is 0 Å². The summed E-state index contributed by atoms with van der Waals surface area (Å²) in [7, 11) is 1.85. The molecule has 2 aromatic rings. The Morgan fingerprint density at radius 3 is 2.68 bits per heavy atom.